The lowest BCUT2D eigenvalue weighted by atomic mass is 9.81. The molecule has 0 bridgehead atoms. The third-order valence-electron chi connectivity index (χ3n) is 6.15. The fourth-order valence-corrected chi connectivity index (χ4v) is 4.64. The van der Waals surface area contributed by atoms with Gasteiger partial charge in [0.15, 0.2) is 0 Å². The van der Waals surface area contributed by atoms with Crippen molar-refractivity contribution in [3.8, 4) is 5.75 Å². The molecule has 3 rings (SSSR count). The molecule has 2 aliphatic heterocycles. The topological polar surface area (TPSA) is 48.0 Å². The summed E-state index contributed by atoms with van der Waals surface area (Å²) in [7, 11) is 0. The summed E-state index contributed by atoms with van der Waals surface area (Å²) in [5, 5.41) is 0. The first-order chi connectivity index (χ1) is 13.9. The molecule has 0 saturated carbocycles. The average Bonchev–Trinajstić information content (AvgIpc) is 2.69. The normalized spacial score (nSPS) is 24.1. The van der Waals surface area contributed by atoms with Gasteiger partial charge in [0.2, 0.25) is 0 Å². The lowest BCUT2D eigenvalue weighted by Gasteiger charge is -2.48. The van der Waals surface area contributed by atoms with Crippen LogP contribution in [-0.4, -0.2) is 54.4 Å². The van der Waals surface area contributed by atoms with Crippen molar-refractivity contribution < 1.29 is 19.0 Å². The largest absolute Gasteiger partial charge is 0.491 e. The van der Waals surface area contributed by atoms with Gasteiger partial charge in [0, 0.05) is 31.7 Å². The summed E-state index contributed by atoms with van der Waals surface area (Å²) in [5.41, 5.74) is 1.59. The standard InChI is InChI=1S/C24H37NO4/c1-6-20-15-21(27-7-2)16-24(29-20)10-12-25(13-11-24)23(26)19-8-9-22(18(5)14-19)28-17(3)4/h8-9,14,17,20-21H,6-7,10-13,15-16H2,1-5H3. The van der Waals surface area contributed by atoms with Crippen LogP contribution >= 0.6 is 0 Å². The molecule has 2 unspecified atom stereocenters. The Bertz CT molecular complexity index is 694. The van der Waals surface area contributed by atoms with Crippen LogP contribution in [0.4, 0.5) is 0 Å². The molecule has 2 saturated heterocycles. The van der Waals surface area contributed by atoms with Gasteiger partial charge in [-0.1, -0.05) is 6.92 Å². The number of carbonyl (C=O) groups is 1. The summed E-state index contributed by atoms with van der Waals surface area (Å²) in [6.45, 7) is 12.5. The number of nitrogens with zero attached hydrogens (tertiary/aromatic N) is 1. The number of hydrogen-bond donors (Lipinski definition) is 0. The maximum absolute atomic E-state index is 13.1. The predicted octanol–water partition coefficient (Wildman–Crippen LogP) is 4.75. The minimum Gasteiger partial charge on any atom is -0.491 e. The Labute approximate surface area is 175 Å². The molecular weight excluding hydrogens is 366 g/mol. The minimum absolute atomic E-state index is 0.100. The molecular formula is C24H37NO4. The van der Waals surface area contributed by atoms with Crippen LogP contribution in [-0.2, 0) is 9.47 Å². The summed E-state index contributed by atoms with van der Waals surface area (Å²) >= 11 is 0. The van der Waals surface area contributed by atoms with Crippen LogP contribution in [0.1, 0.15) is 75.7 Å². The molecule has 2 atom stereocenters. The van der Waals surface area contributed by atoms with E-state index >= 15 is 0 Å². The van der Waals surface area contributed by atoms with Crippen molar-refractivity contribution >= 4 is 5.91 Å². The molecule has 29 heavy (non-hydrogen) atoms. The van der Waals surface area contributed by atoms with E-state index < -0.39 is 0 Å². The van der Waals surface area contributed by atoms with Crippen molar-refractivity contribution in [3.05, 3.63) is 29.3 Å². The predicted molar refractivity (Wildman–Crippen MR) is 115 cm³/mol. The van der Waals surface area contributed by atoms with Crippen molar-refractivity contribution in [1.82, 2.24) is 4.90 Å². The van der Waals surface area contributed by atoms with E-state index in [9.17, 15) is 4.79 Å². The molecule has 2 heterocycles. The molecule has 1 spiro atoms. The van der Waals surface area contributed by atoms with Gasteiger partial charge in [-0.25, -0.2) is 0 Å². The number of benzene rings is 1. The van der Waals surface area contributed by atoms with Gasteiger partial charge < -0.3 is 19.1 Å². The van der Waals surface area contributed by atoms with E-state index in [-0.39, 0.29) is 29.8 Å². The number of piperidine rings is 1. The molecule has 0 aromatic heterocycles. The van der Waals surface area contributed by atoms with E-state index in [4.69, 9.17) is 14.2 Å². The van der Waals surface area contributed by atoms with Crippen molar-refractivity contribution in [2.45, 2.75) is 90.6 Å². The zero-order chi connectivity index (χ0) is 21.0. The molecule has 2 fully saturated rings. The summed E-state index contributed by atoms with van der Waals surface area (Å²) in [6, 6.07) is 5.74. The summed E-state index contributed by atoms with van der Waals surface area (Å²) < 4.78 is 18.3. The molecule has 162 valence electrons. The van der Waals surface area contributed by atoms with Crippen LogP contribution in [0, 0.1) is 6.92 Å². The van der Waals surface area contributed by atoms with Crippen molar-refractivity contribution in [2.75, 3.05) is 19.7 Å². The van der Waals surface area contributed by atoms with Crippen molar-refractivity contribution in [1.29, 1.82) is 0 Å². The number of aryl methyl sites for hydroxylation is 1. The third-order valence-corrected chi connectivity index (χ3v) is 6.15. The van der Waals surface area contributed by atoms with Crippen LogP contribution in [0.5, 0.6) is 5.75 Å². The molecule has 1 amide bonds. The van der Waals surface area contributed by atoms with Crippen LogP contribution < -0.4 is 4.74 Å². The zero-order valence-corrected chi connectivity index (χ0v) is 18.7. The van der Waals surface area contributed by atoms with Gasteiger partial charge in [-0.3, -0.25) is 4.79 Å². The monoisotopic (exact) mass is 403 g/mol. The molecule has 2 aliphatic rings. The highest BCUT2D eigenvalue weighted by Crippen LogP contribution is 2.39. The first-order valence-electron chi connectivity index (χ1n) is 11.2. The Morgan fingerprint density at radius 3 is 2.59 bits per heavy atom. The zero-order valence-electron chi connectivity index (χ0n) is 18.7. The number of amides is 1. The number of hydrogen-bond acceptors (Lipinski definition) is 4. The first kappa shape index (κ1) is 22.1. The fourth-order valence-electron chi connectivity index (χ4n) is 4.64. The Morgan fingerprint density at radius 2 is 2.00 bits per heavy atom. The van der Waals surface area contributed by atoms with Gasteiger partial charge >= 0.3 is 0 Å². The maximum Gasteiger partial charge on any atom is 0.253 e. The molecule has 1 aromatic carbocycles. The Balaban J connectivity index is 1.64. The number of ether oxygens (including phenoxy) is 3. The molecule has 0 N–H and O–H groups in total. The lowest BCUT2D eigenvalue weighted by molar-refractivity contribution is -0.188. The summed E-state index contributed by atoms with van der Waals surface area (Å²) in [4.78, 5) is 15.0. The third kappa shape index (κ3) is 5.32. The molecule has 1 aromatic rings. The maximum atomic E-state index is 13.1. The molecule has 0 radical (unpaired) electrons. The highest BCUT2D eigenvalue weighted by Gasteiger charge is 2.44. The van der Waals surface area contributed by atoms with E-state index in [1.807, 2.05) is 43.9 Å². The molecule has 5 heteroatoms. The highest BCUT2D eigenvalue weighted by atomic mass is 16.5. The van der Waals surface area contributed by atoms with Crippen molar-refractivity contribution in [2.24, 2.45) is 0 Å². The van der Waals surface area contributed by atoms with Gasteiger partial charge in [0.05, 0.1) is 23.9 Å². The van der Waals surface area contributed by atoms with Gasteiger partial charge in [-0.2, -0.15) is 0 Å². The minimum atomic E-state index is -0.138. The van der Waals surface area contributed by atoms with E-state index in [1.165, 1.54) is 0 Å². The van der Waals surface area contributed by atoms with Gasteiger partial charge in [0.25, 0.3) is 5.91 Å². The van der Waals surface area contributed by atoms with Gasteiger partial charge in [0.1, 0.15) is 5.75 Å². The van der Waals surface area contributed by atoms with E-state index in [0.29, 0.717) is 0 Å². The van der Waals surface area contributed by atoms with Crippen molar-refractivity contribution in [3.63, 3.8) is 0 Å². The summed E-state index contributed by atoms with van der Waals surface area (Å²) in [6.07, 6.45) is 5.36. The lowest BCUT2D eigenvalue weighted by Crippen LogP contribution is -2.54. The fraction of sp³-hybridized carbons (Fsp3) is 0.708. The highest BCUT2D eigenvalue weighted by molar-refractivity contribution is 5.94. The van der Waals surface area contributed by atoms with E-state index in [1.54, 1.807) is 0 Å². The van der Waals surface area contributed by atoms with Gasteiger partial charge in [-0.15, -0.1) is 0 Å². The van der Waals surface area contributed by atoms with Crippen LogP contribution in [0.3, 0.4) is 0 Å². The second-order valence-electron chi connectivity index (χ2n) is 8.79. The second-order valence-corrected chi connectivity index (χ2v) is 8.79. The molecule has 5 nitrogen and oxygen atoms in total. The molecule has 0 aliphatic carbocycles. The van der Waals surface area contributed by atoms with E-state index in [2.05, 4.69) is 13.8 Å². The number of likely N-dealkylation sites (tertiary alicyclic amines) is 1. The Morgan fingerprint density at radius 1 is 1.28 bits per heavy atom. The average molecular weight is 404 g/mol. The summed E-state index contributed by atoms with van der Waals surface area (Å²) in [5.74, 6) is 0.945. The Hall–Kier alpha value is -1.59. The number of rotatable bonds is 6. The quantitative estimate of drug-likeness (QED) is 0.688. The SMILES string of the molecule is CCOC1CC(CC)OC2(CCN(C(=O)c3ccc(OC(C)C)c(C)c3)CC2)C1. The Kier molecular flexibility index (Phi) is 7.23. The first-order valence-corrected chi connectivity index (χ1v) is 11.2. The van der Waals surface area contributed by atoms with Crippen LogP contribution in [0.15, 0.2) is 18.2 Å². The van der Waals surface area contributed by atoms with Gasteiger partial charge in [-0.05, 0) is 77.1 Å². The number of carbonyl (C=O) groups excluding carboxylic acids is 1. The van der Waals surface area contributed by atoms with E-state index in [0.717, 1.165) is 68.7 Å². The second kappa shape index (κ2) is 9.48. The van der Waals surface area contributed by atoms with Crippen LogP contribution in [0.25, 0.3) is 0 Å². The van der Waals surface area contributed by atoms with Crippen LogP contribution in [0.2, 0.25) is 0 Å². The smallest absolute Gasteiger partial charge is 0.253 e.